The Balaban J connectivity index is 1.84. The van der Waals surface area contributed by atoms with Crippen LogP contribution in [0, 0.1) is 11.7 Å². The van der Waals surface area contributed by atoms with Gasteiger partial charge in [0.05, 0.1) is 38.3 Å². The Hall–Kier alpha value is -3.70. The SMILES string of the molecule is C=CC(=O)N1C[C@H](C)N(c2nc(=O)n(C3=C(C(C)C)N=CC[C@H]3SC)c3nc(-c4c(O)cccc4F)c(Cl)cc23)C[C@H]1C. The number of hydrogen-bond acceptors (Lipinski definition) is 8. The molecule has 9 nitrogen and oxygen atoms in total. The molecule has 3 aromatic rings. The molecule has 43 heavy (non-hydrogen) atoms. The van der Waals surface area contributed by atoms with Crippen molar-refractivity contribution in [2.45, 2.75) is 51.4 Å². The number of pyridine rings is 1. The molecule has 0 radical (unpaired) electrons. The normalized spacial score (nSPS) is 20.8. The van der Waals surface area contributed by atoms with Crippen molar-refractivity contribution >= 4 is 58.0 Å². The van der Waals surface area contributed by atoms with E-state index in [0.717, 1.165) is 5.70 Å². The van der Waals surface area contributed by atoms with E-state index in [9.17, 15) is 14.7 Å². The first-order valence-electron chi connectivity index (χ1n) is 14.1. The van der Waals surface area contributed by atoms with Crippen molar-refractivity contribution in [2.75, 3.05) is 24.2 Å². The summed E-state index contributed by atoms with van der Waals surface area (Å²) in [4.78, 5) is 44.5. The number of amides is 1. The first kappa shape index (κ1) is 30.7. The number of thioether (sulfide) groups is 1. The van der Waals surface area contributed by atoms with Crippen LogP contribution in [0.2, 0.25) is 5.02 Å². The summed E-state index contributed by atoms with van der Waals surface area (Å²) in [5.41, 5.74) is 0.908. The maximum absolute atomic E-state index is 15.1. The average Bonchev–Trinajstić information content (AvgIpc) is 2.97. The van der Waals surface area contributed by atoms with Crippen LogP contribution in [0.15, 0.2) is 52.4 Å². The lowest BCUT2D eigenvalue weighted by molar-refractivity contribution is -0.128. The molecule has 1 aromatic carbocycles. The minimum Gasteiger partial charge on any atom is -0.507 e. The Kier molecular flexibility index (Phi) is 8.67. The molecule has 5 rings (SSSR count). The number of aromatic hydroxyl groups is 1. The van der Waals surface area contributed by atoms with Gasteiger partial charge in [-0.1, -0.05) is 38.1 Å². The monoisotopic (exact) mass is 624 g/mol. The molecule has 1 fully saturated rings. The maximum atomic E-state index is 15.1. The van der Waals surface area contributed by atoms with Gasteiger partial charge in [-0.05, 0) is 50.3 Å². The molecule has 0 saturated carbocycles. The zero-order chi connectivity index (χ0) is 31.2. The number of rotatable bonds is 6. The fourth-order valence-corrected chi connectivity index (χ4v) is 6.78. The zero-order valence-electron chi connectivity index (χ0n) is 24.7. The van der Waals surface area contributed by atoms with Crippen molar-refractivity contribution in [2.24, 2.45) is 10.9 Å². The van der Waals surface area contributed by atoms with Crippen molar-refractivity contribution in [1.29, 1.82) is 0 Å². The summed E-state index contributed by atoms with van der Waals surface area (Å²) < 4.78 is 16.6. The van der Waals surface area contributed by atoms with E-state index in [2.05, 4.69) is 16.6 Å². The predicted molar refractivity (Wildman–Crippen MR) is 173 cm³/mol. The second-order valence-corrected chi connectivity index (χ2v) is 12.6. The van der Waals surface area contributed by atoms with Crippen molar-refractivity contribution in [3.63, 3.8) is 0 Å². The molecule has 2 aromatic heterocycles. The van der Waals surface area contributed by atoms with E-state index in [0.29, 0.717) is 36.4 Å². The van der Waals surface area contributed by atoms with E-state index in [4.69, 9.17) is 16.6 Å². The lowest BCUT2D eigenvalue weighted by atomic mass is 10.0. The summed E-state index contributed by atoms with van der Waals surface area (Å²) in [5.74, 6) is -0.837. The number of fused-ring (bicyclic) bond motifs is 1. The van der Waals surface area contributed by atoms with E-state index >= 15 is 4.39 Å². The first-order valence-corrected chi connectivity index (χ1v) is 15.8. The summed E-state index contributed by atoms with van der Waals surface area (Å²) in [7, 11) is 0. The molecule has 0 aliphatic carbocycles. The number of phenolic OH excluding ortho intramolecular Hbond substituents is 1. The molecule has 0 unspecified atom stereocenters. The number of allylic oxidation sites excluding steroid dienone is 1. The number of nitrogens with zero attached hydrogens (tertiary/aromatic N) is 6. The van der Waals surface area contributed by atoms with Gasteiger partial charge in [-0.15, -0.1) is 0 Å². The second-order valence-electron chi connectivity index (χ2n) is 11.1. The third-order valence-electron chi connectivity index (χ3n) is 7.94. The van der Waals surface area contributed by atoms with Crippen molar-refractivity contribution < 1.29 is 14.3 Å². The zero-order valence-corrected chi connectivity index (χ0v) is 26.3. The Labute approximate surface area is 258 Å². The van der Waals surface area contributed by atoms with Gasteiger partial charge >= 0.3 is 5.69 Å². The van der Waals surface area contributed by atoms with Gasteiger partial charge in [0.15, 0.2) is 5.65 Å². The van der Waals surface area contributed by atoms with Crippen LogP contribution in [0.1, 0.15) is 34.1 Å². The van der Waals surface area contributed by atoms with Crippen LogP contribution in [0.25, 0.3) is 28.0 Å². The van der Waals surface area contributed by atoms with E-state index < -0.39 is 11.5 Å². The van der Waals surface area contributed by atoms with Gasteiger partial charge in [0, 0.05) is 37.8 Å². The van der Waals surface area contributed by atoms with Gasteiger partial charge in [-0.2, -0.15) is 16.7 Å². The molecule has 0 bridgehead atoms. The molecule has 1 saturated heterocycles. The van der Waals surface area contributed by atoms with Gasteiger partial charge in [0.2, 0.25) is 5.91 Å². The number of anilines is 1. The molecule has 2 aliphatic heterocycles. The Bertz CT molecular complexity index is 1720. The summed E-state index contributed by atoms with van der Waals surface area (Å²) >= 11 is 8.36. The van der Waals surface area contributed by atoms with Crippen LogP contribution in [0.5, 0.6) is 5.75 Å². The molecule has 3 atom stereocenters. The van der Waals surface area contributed by atoms with E-state index in [1.54, 1.807) is 22.7 Å². The summed E-state index contributed by atoms with van der Waals surface area (Å²) in [5, 5.41) is 11.1. The van der Waals surface area contributed by atoms with Gasteiger partial charge in [0.1, 0.15) is 17.4 Å². The largest absolute Gasteiger partial charge is 0.507 e. The molecule has 12 heteroatoms. The lowest BCUT2D eigenvalue weighted by Crippen LogP contribution is -2.58. The van der Waals surface area contributed by atoms with Crippen molar-refractivity contribution in [3.05, 3.63) is 63.9 Å². The van der Waals surface area contributed by atoms with E-state index in [1.165, 1.54) is 28.8 Å². The van der Waals surface area contributed by atoms with Gasteiger partial charge in [-0.25, -0.2) is 18.7 Å². The van der Waals surface area contributed by atoms with Crippen LogP contribution in [-0.4, -0.2) is 73.3 Å². The van der Waals surface area contributed by atoms with Crippen molar-refractivity contribution in [1.82, 2.24) is 19.4 Å². The van der Waals surface area contributed by atoms with Gasteiger partial charge in [-0.3, -0.25) is 9.79 Å². The van der Waals surface area contributed by atoms with Crippen LogP contribution in [-0.2, 0) is 4.79 Å². The van der Waals surface area contributed by atoms with Crippen LogP contribution >= 0.6 is 23.4 Å². The second kappa shape index (κ2) is 12.1. The number of piperazine rings is 1. The third-order valence-corrected chi connectivity index (χ3v) is 9.21. The standard InChI is InChI=1S/C31H34ClFN6O3S/c1-7-24(41)37-14-18(5)38(15-17(37)4)29-19-13-20(32)27(25-21(33)9-8-10-22(25)40)35-30(19)39(31(42)36-29)28-23(43-6)11-12-34-26(28)16(2)3/h7-10,12-13,16-18,23,40H,1,11,14-15H2,2-6H3/t17-,18+,23-/m1/s1. The Morgan fingerprint density at radius 1 is 1.23 bits per heavy atom. The highest BCUT2D eigenvalue weighted by Gasteiger charge is 2.35. The van der Waals surface area contributed by atoms with Crippen LogP contribution < -0.4 is 10.6 Å². The Morgan fingerprint density at radius 3 is 2.63 bits per heavy atom. The minimum absolute atomic E-state index is 0.00425. The molecule has 1 N–H and O–H groups in total. The maximum Gasteiger partial charge on any atom is 0.355 e. The number of aliphatic imine (C=N–C) groups is 1. The highest BCUT2D eigenvalue weighted by Crippen LogP contribution is 2.40. The highest BCUT2D eigenvalue weighted by atomic mass is 35.5. The predicted octanol–water partition coefficient (Wildman–Crippen LogP) is 5.60. The quantitative estimate of drug-likeness (QED) is 0.356. The molecule has 226 valence electrons. The lowest BCUT2D eigenvalue weighted by Gasteiger charge is -2.44. The summed E-state index contributed by atoms with van der Waals surface area (Å²) in [6.07, 6.45) is 5.73. The summed E-state index contributed by atoms with van der Waals surface area (Å²) in [6, 6.07) is 5.19. The molecule has 0 spiro atoms. The first-order chi connectivity index (χ1) is 20.5. The van der Waals surface area contributed by atoms with Gasteiger partial charge < -0.3 is 14.9 Å². The molecular weight excluding hydrogens is 591 g/mol. The van der Waals surface area contributed by atoms with Crippen LogP contribution in [0.3, 0.4) is 0 Å². The molecule has 4 heterocycles. The number of aromatic nitrogens is 3. The fraction of sp³-hybridized carbons (Fsp3) is 0.387. The molecule has 2 aliphatic rings. The Morgan fingerprint density at radius 2 is 1.98 bits per heavy atom. The van der Waals surface area contributed by atoms with E-state index in [1.807, 2.05) is 45.1 Å². The minimum atomic E-state index is -0.700. The number of benzene rings is 1. The smallest absolute Gasteiger partial charge is 0.355 e. The highest BCUT2D eigenvalue weighted by molar-refractivity contribution is 7.99. The number of carbonyl (C=O) groups is 1. The van der Waals surface area contributed by atoms with Crippen molar-refractivity contribution in [3.8, 4) is 17.0 Å². The molecule has 1 amide bonds. The van der Waals surface area contributed by atoms with Gasteiger partial charge in [0.25, 0.3) is 0 Å². The fourth-order valence-electron chi connectivity index (χ4n) is 5.81. The van der Waals surface area contributed by atoms with E-state index in [-0.39, 0.29) is 56.8 Å². The third kappa shape index (κ3) is 5.44. The topological polar surface area (TPSA) is 104 Å². The van der Waals surface area contributed by atoms with Crippen LogP contribution in [0.4, 0.5) is 10.2 Å². The molecular formula is C31H34ClFN6O3S. The number of halogens is 2. The number of carbonyl (C=O) groups excluding carboxylic acids is 1. The number of phenols is 1. The summed E-state index contributed by atoms with van der Waals surface area (Å²) in [6.45, 7) is 12.3. The average molecular weight is 625 g/mol. The number of hydrogen-bond donors (Lipinski definition) is 1.